The summed E-state index contributed by atoms with van der Waals surface area (Å²) >= 11 is 2.70. The summed E-state index contributed by atoms with van der Waals surface area (Å²) in [5.74, 6) is 0. The molecule has 2 heterocycles. The van der Waals surface area contributed by atoms with Crippen molar-refractivity contribution in [1.82, 2.24) is 19.2 Å². The highest BCUT2D eigenvalue weighted by atomic mass is 32.1. The maximum absolute atomic E-state index is 6.40. The van der Waals surface area contributed by atoms with Crippen LogP contribution in [0.5, 0.6) is 0 Å². The predicted octanol–water partition coefficient (Wildman–Crippen LogP) is 5.07. The third-order valence-electron chi connectivity index (χ3n) is 5.48. The van der Waals surface area contributed by atoms with Crippen LogP contribution in [0, 0.1) is 0 Å². The molecule has 0 amide bonds. The minimum Gasteiger partial charge on any atom is -0.398 e. The van der Waals surface area contributed by atoms with Gasteiger partial charge in [-0.15, -0.1) is 10.2 Å². The molecule has 0 fully saturated rings. The molecule has 0 unspecified atom stereocenters. The molecule has 32 heavy (non-hydrogen) atoms. The molecule has 0 spiro atoms. The zero-order valence-electron chi connectivity index (χ0n) is 17.1. The van der Waals surface area contributed by atoms with Gasteiger partial charge in [0.05, 0.1) is 0 Å². The highest BCUT2D eigenvalue weighted by Crippen LogP contribution is 2.30. The van der Waals surface area contributed by atoms with Crippen LogP contribution in [0.2, 0.25) is 0 Å². The third-order valence-corrected chi connectivity index (χ3v) is 6.49. The SMILES string of the molecule is Nc1ccc(N)c(Cc2ccc(-c3csnn3)cc2)c1Cc1ccc(-c2csnn2)cc1. The topological polar surface area (TPSA) is 104 Å². The summed E-state index contributed by atoms with van der Waals surface area (Å²) in [5.41, 5.74) is 22.7. The quantitative estimate of drug-likeness (QED) is 0.346. The van der Waals surface area contributed by atoms with E-state index in [-0.39, 0.29) is 0 Å². The van der Waals surface area contributed by atoms with Gasteiger partial charge in [0.2, 0.25) is 0 Å². The maximum Gasteiger partial charge on any atom is 0.105 e. The van der Waals surface area contributed by atoms with Gasteiger partial charge in [0.25, 0.3) is 0 Å². The minimum absolute atomic E-state index is 0.713. The Kier molecular flexibility index (Phi) is 5.62. The molecule has 0 saturated carbocycles. The molecule has 0 radical (unpaired) electrons. The summed E-state index contributed by atoms with van der Waals surface area (Å²) in [6.45, 7) is 0. The van der Waals surface area contributed by atoms with E-state index in [1.54, 1.807) is 0 Å². The Morgan fingerprint density at radius 2 is 0.969 bits per heavy atom. The molecule has 0 atom stereocenters. The summed E-state index contributed by atoms with van der Waals surface area (Å²) in [6, 6.07) is 20.5. The van der Waals surface area contributed by atoms with Crippen LogP contribution in [0.1, 0.15) is 22.3 Å². The summed E-state index contributed by atoms with van der Waals surface area (Å²) in [5, 5.41) is 12.2. The van der Waals surface area contributed by atoms with Crippen LogP contribution in [0.4, 0.5) is 11.4 Å². The van der Waals surface area contributed by atoms with Crippen molar-refractivity contribution < 1.29 is 0 Å². The first-order valence-electron chi connectivity index (χ1n) is 10.1. The van der Waals surface area contributed by atoms with E-state index >= 15 is 0 Å². The average Bonchev–Trinajstić information content (AvgIpc) is 3.54. The molecule has 4 N–H and O–H groups in total. The monoisotopic (exact) mass is 456 g/mol. The Labute approximate surface area is 193 Å². The molecule has 0 bridgehead atoms. The minimum atomic E-state index is 0.713. The molecule has 0 aliphatic carbocycles. The summed E-state index contributed by atoms with van der Waals surface area (Å²) < 4.78 is 7.87. The van der Waals surface area contributed by atoms with Gasteiger partial charge in [0, 0.05) is 33.3 Å². The second-order valence-electron chi connectivity index (χ2n) is 7.53. The average molecular weight is 457 g/mol. The van der Waals surface area contributed by atoms with Gasteiger partial charge < -0.3 is 11.5 Å². The molecule has 5 rings (SSSR count). The summed E-state index contributed by atoms with van der Waals surface area (Å²) in [6.07, 6.45) is 1.43. The second-order valence-corrected chi connectivity index (χ2v) is 8.75. The van der Waals surface area contributed by atoms with Crippen molar-refractivity contribution in [2.24, 2.45) is 0 Å². The number of anilines is 2. The number of nitrogens with zero attached hydrogens (tertiary/aromatic N) is 4. The van der Waals surface area contributed by atoms with Crippen molar-refractivity contribution in [3.63, 3.8) is 0 Å². The van der Waals surface area contributed by atoms with Crippen LogP contribution in [0.25, 0.3) is 22.5 Å². The lowest BCUT2D eigenvalue weighted by molar-refractivity contribution is 1.10. The van der Waals surface area contributed by atoms with Gasteiger partial charge in [-0.1, -0.05) is 57.5 Å². The molecular weight excluding hydrogens is 436 g/mol. The van der Waals surface area contributed by atoms with Crippen molar-refractivity contribution in [1.29, 1.82) is 0 Å². The normalized spacial score (nSPS) is 11.0. The van der Waals surface area contributed by atoms with E-state index in [1.165, 1.54) is 34.2 Å². The molecule has 0 aliphatic rings. The zero-order chi connectivity index (χ0) is 21.9. The van der Waals surface area contributed by atoms with Gasteiger partial charge in [-0.3, -0.25) is 0 Å². The Hall–Kier alpha value is -3.62. The van der Waals surface area contributed by atoms with Crippen molar-refractivity contribution in [3.05, 3.63) is 93.7 Å². The number of hydrogen-bond acceptors (Lipinski definition) is 8. The fraction of sp³-hybridized carbons (Fsp3) is 0.0833. The van der Waals surface area contributed by atoms with Gasteiger partial charge in [0.15, 0.2) is 0 Å². The molecule has 158 valence electrons. The predicted molar refractivity (Wildman–Crippen MR) is 132 cm³/mol. The highest BCUT2D eigenvalue weighted by Gasteiger charge is 2.13. The van der Waals surface area contributed by atoms with Crippen LogP contribution in [0.3, 0.4) is 0 Å². The molecule has 8 heteroatoms. The van der Waals surface area contributed by atoms with Gasteiger partial charge >= 0.3 is 0 Å². The number of aromatic nitrogens is 4. The number of nitrogen functional groups attached to an aromatic ring is 2. The Balaban J connectivity index is 1.41. The first-order valence-corrected chi connectivity index (χ1v) is 11.7. The lowest BCUT2D eigenvalue weighted by Gasteiger charge is -2.16. The molecule has 0 saturated heterocycles. The molecule has 5 aromatic rings. The Bertz CT molecular complexity index is 1210. The van der Waals surface area contributed by atoms with Crippen LogP contribution in [0.15, 0.2) is 71.4 Å². The van der Waals surface area contributed by atoms with Gasteiger partial charge in [-0.2, -0.15) is 0 Å². The Morgan fingerprint density at radius 1 is 0.562 bits per heavy atom. The van der Waals surface area contributed by atoms with Crippen LogP contribution in [-0.4, -0.2) is 19.2 Å². The standard InChI is InChI=1S/C24H20N6S2/c25-21-9-10-22(26)20(12-16-3-7-18(8-4-16)24-14-32-30-28-24)19(21)11-15-1-5-17(6-2-15)23-13-31-29-27-23/h1-10,13-14H,11-12,25-26H2. The molecule has 3 aromatic carbocycles. The fourth-order valence-corrected chi connectivity index (χ4v) is 4.65. The third kappa shape index (κ3) is 4.23. The van der Waals surface area contributed by atoms with Gasteiger partial charge in [-0.25, -0.2) is 0 Å². The summed E-state index contributed by atoms with van der Waals surface area (Å²) in [4.78, 5) is 0. The van der Waals surface area contributed by atoms with Crippen LogP contribution >= 0.6 is 23.1 Å². The number of benzene rings is 3. The fourth-order valence-electron chi connectivity index (χ4n) is 3.72. The lowest BCUT2D eigenvalue weighted by Crippen LogP contribution is -2.06. The van der Waals surface area contributed by atoms with Crippen molar-refractivity contribution in [2.75, 3.05) is 11.5 Å². The zero-order valence-corrected chi connectivity index (χ0v) is 18.7. The van der Waals surface area contributed by atoms with Crippen molar-refractivity contribution >= 4 is 34.4 Å². The van der Waals surface area contributed by atoms with E-state index in [0.717, 1.165) is 45.0 Å². The second kappa shape index (κ2) is 8.86. The number of nitrogens with two attached hydrogens (primary N) is 2. The van der Waals surface area contributed by atoms with Gasteiger partial charge in [-0.05, 0) is 70.3 Å². The first kappa shape index (κ1) is 20.3. The number of rotatable bonds is 6. The summed E-state index contributed by atoms with van der Waals surface area (Å²) in [7, 11) is 0. The Morgan fingerprint density at radius 3 is 1.31 bits per heavy atom. The van der Waals surface area contributed by atoms with Crippen molar-refractivity contribution in [2.45, 2.75) is 12.8 Å². The maximum atomic E-state index is 6.40. The highest BCUT2D eigenvalue weighted by molar-refractivity contribution is 7.03. The van der Waals surface area contributed by atoms with Crippen LogP contribution < -0.4 is 11.5 Å². The van der Waals surface area contributed by atoms with Gasteiger partial charge in [0.1, 0.15) is 11.4 Å². The van der Waals surface area contributed by atoms with E-state index in [0.29, 0.717) is 12.8 Å². The molecule has 6 nitrogen and oxygen atoms in total. The van der Waals surface area contributed by atoms with E-state index in [9.17, 15) is 0 Å². The largest absolute Gasteiger partial charge is 0.398 e. The van der Waals surface area contributed by atoms with E-state index < -0.39 is 0 Å². The van der Waals surface area contributed by atoms with E-state index in [1.807, 2.05) is 22.9 Å². The smallest absolute Gasteiger partial charge is 0.105 e. The van der Waals surface area contributed by atoms with Crippen molar-refractivity contribution in [3.8, 4) is 22.5 Å². The molecule has 0 aliphatic heterocycles. The van der Waals surface area contributed by atoms with E-state index in [2.05, 4.69) is 67.7 Å². The van der Waals surface area contributed by atoms with Crippen LogP contribution in [-0.2, 0) is 12.8 Å². The first-order chi connectivity index (χ1) is 15.7. The number of hydrogen-bond donors (Lipinski definition) is 2. The van der Waals surface area contributed by atoms with E-state index in [4.69, 9.17) is 11.5 Å². The molecular formula is C24H20N6S2. The lowest BCUT2D eigenvalue weighted by atomic mass is 9.92. The molecule has 2 aromatic heterocycles.